The summed E-state index contributed by atoms with van der Waals surface area (Å²) in [5.74, 6) is 2.74. The number of aromatic amines is 1. The third-order valence-electron chi connectivity index (χ3n) is 5.02. The van der Waals surface area contributed by atoms with E-state index in [1.165, 1.54) is 31.5 Å². The van der Waals surface area contributed by atoms with Gasteiger partial charge in [-0.2, -0.15) is 0 Å². The van der Waals surface area contributed by atoms with Gasteiger partial charge in [0.25, 0.3) is 0 Å². The third kappa shape index (κ3) is 5.58. The molecule has 0 saturated carbocycles. The van der Waals surface area contributed by atoms with Gasteiger partial charge in [0.15, 0.2) is 0 Å². The van der Waals surface area contributed by atoms with Gasteiger partial charge in [-0.15, -0.1) is 0 Å². The molecule has 1 aliphatic rings. The van der Waals surface area contributed by atoms with Gasteiger partial charge in [-0.1, -0.05) is 12.1 Å². The molecule has 0 amide bonds. The van der Waals surface area contributed by atoms with Crippen LogP contribution in [0.3, 0.4) is 0 Å². The summed E-state index contributed by atoms with van der Waals surface area (Å²) in [5.41, 5.74) is 1.39. The molecule has 5 nitrogen and oxygen atoms in total. The zero-order chi connectivity index (χ0) is 17.5. The van der Waals surface area contributed by atoms with Gasteiger partial charge in [0.1, 0.15) is 11.6 Å². The average Bonchev–Trinajstić information content (AvgIpc) is 3.13. The van der Waals surface area contributed by atoms with Crippen LogP contribution in [-0.4, -0.2) is 60.1 Å². The maximum atomic E-state index is 5.23. The lowest BCUT2D eigenvalue weighted by molar-refractivity contribution is 0.141. The molecular weight excluding hydrogens is 312 g/mol. The van der Waals surface area contributed by atoms with Crippen molar-refractivity contribution in [3.8, 4) is 5.75 Å². The highest BCUT2D eigenvalue weighted by Gasteiger charge is 2.21. The fourth-order valence-electron chi connectivity index (χ4n) is 3.73. The minimum Gasteiger partial charge on any atom is -0.497 e. The van der Waals surface area contributed by atoms with E-state index < -0.39 is 0 Å². The van der Waals surface area contributed by atoms with Gasteiger partial charge in [0.05, 0.1) is 13.7 Å². The number of piperidine rings is 1. The second-order valence-electron chi connectivity index (χ2n) is 7.14. The summed E-state index contributed by atoms with van der Waals surface area (Å²) in [4.78, 5) is 12.5. The number of aromatic nitrogens is 2. The van der Waals surface area contributed by atoms with Gasteiger partial charge in [0, 0.05) is 32.0 Å². The molecule has 0 unspecified atom stereocenters. The Hall–Kier alpha value is -1.85. The largest absolute Gasteiger partial charge is 0.497 e. The predicted octanol–water partition coefficient (Wildman–Crippen LogP) is 2.80. The molecule has 0 radical (unpaired) electrons. The number of ether oxygens (including phenoxy) is 1. The molecule has 1 saturated heterocycles. The molecule has 25 heavy (non-hydrogen) atoms. The molecule has 1 N–H and O–H groups in total. The van der Waals surface area contributed by atoms with Gasteiger partial charge in [-0.25, -0.2) is 4.98 Å². The van der Waals surface area contributed by atoms with E-state index in [1.807, 2.05) is 12.4 Å². The molecule has 5 heteroatoms. The monoisotopic (exact) mass is 342 g/mol. The molecule has 1 aromatic heterocycles. The topological polar surface area (TPSA) is 44.4 Å². The highest BCUT2D eigenvalue weighted by Crippen LogP contribution is 2.19. The standard InChI is InChI=1S/C20H30N4O/c1-23(16-20-21-10-11-22-20)14-18-4-3-12-24(15-18)13-9-17-5-7-19(25-2)8-6-17/h5-8,10-11,18H,3-4,9,12-16H2,1-2H3,(H,21,22)/t18-/m1/s1. The van der Waals surface area contributed by atoms with Crippen LogP contribution in [0.4, 0.5) is 0 Å². The second kappa shape index (κ2) is 9.02. The summed E-state index contributed by atoms with van der Waals surface area (Å²) in [5, 5.41) is 0. The Morgan fingerprint density at radius 1 is 1.32 bits per heavy atom. The molecule has 1 aromatic carbocycles. The first kappa shape index (κ1) is 18.0. The summed E-state index contributed by atoms with van der Waals surface area (Å²) >= 11 is 0. The molecule has 3 rings (SSSR count). The van der Waals surface area contributed by atoms with E-state index in [9.17, 15) is 0 Å². The van der Waals surface area contributed by atoms with E-state index in [0.29, 0.717) is 0 Å². The number of hydrogen-bond acceptors (Lipinski definition) is 4. The Balaban J connectivity index is 1.42. The van der Waals surface area contributed by atoms with Crippen molar-refractivity contribution in [2.75, 3.05) is 40.3 Å². The number of methoxy groups -OCH3 is 1. The van der Waals surface area contributed by atoms with Crippen LogP contribution < -0.4 is 4.74 Å². The second-order valence-corrected chi connectivity index (χ2v) is 7.14. The smallest absolute Gasteiger partial charge is 0.120 e. The van der Waals surface area contributed by atoms with Crippen molar-refractivity contribution >= 4 is 0 Å². The van der Waals surface area contributed by atoms with Crippen LogP contribution in [0.5, 0.6) is 5.75 Å². The summed E-state index contributed by atoms with van der Waals surface area (Å²) < 4.78 is 5.23. The maximum absolute atomic E-state index is 5.23. The van der Waals surface area contributed by atoms with Crippen LogP contribution in [0, 0.1) is 5.92 Å². The average molecular weight is 342 g/mol. The predicted molar refractivity (Wildman–Crippen MR) is 101 cm³/mol. The maximum Gasteiger partial charge on any atom is 0.120 e. The molecule has 136 valence electrons. The Bertz CT molecular complexity index is 611. The Labute approximate surface area is 151 Å². The zero-order valence-corrected chi connectivity index (χ0v) is 15.4. The van der Waals surface area contributed by atoms with Gasteiger partial charge in [-0.3, -0.25) is 4.90 Å². The van der Waals surface area contributed by atoms with Crippen molar-refractivity contribution in [3.63, 3.8) is 0 Å². The minimum atomic E-state index is 0.754. The Kier molecular flexibility index (Phi) is 6.48. The van der Waals surface area contributed by atoms with Crippen LogP contribution in [0.2, 0.25) is 0 Å². The zero-order valence-electron chi connectivity index (χ0n) is 15.4. The van der Waals surface area contributed by atoms with Crippen molar-refractivity contribution in [2.45, 2.75) is 25.8 Å². The van der Waals surface area contributed by atoms with Crippen molar-refractivity contribution in [1.82, 2.24) is 19.8 Å². The lowest BCUT2D eigenvalue weighted by Crippen LogP contribution is -2.40. The van der Waals surface area contributed by atoms with Crippen LogP contribution in [-0.2, 0) is 13.0 Å². The number of hydrogen-bond donors (Lipinski definition) is 1. The normalized spacial score (nSPS) is 18.6. The fourth-order valence-corrected chi connectivity index (χ4v) is 3.73. The summed E-state index contributed by atoms with van der Waals surface area (Å²) in [6.07, 6.45) is 7.47. The molecule has 0 aliphatic carbocycles. The summed E-state index contributed by atoms with van der Waals surface area (Å²) in [7, 11) is 3.91. The molecular formula is C20H30N4O. The quantitative estimate of drug-likeness (QED) is 0.801. The molecule has 0 spiro atoms. The lowest BCUT2D eigenvalue weighted by Gasteiger charge is -2.34. The van der Waals surface area contributed by atoms with E-state index in [2.05, 4.69) is 51.1 Å². The molecule has 2 aromatic rings. The lowest BCUT2D eigenvalue weighted by atomic mass is 9.97. The summed E-state index contributed by atoms with van der Waals surface area (Å²) in [6, 6.07) is 8.46. The van der Waals surface area contributed by atoms with Crippen LogP contribution in [0.15, 0.2) is 36.7 Å². The van der Waals surface area contributed by atoms with Crippen LogP contribution in [0.25, 0.3) is 0 Å². The first-order valence-electron chi connectivity index (χ1n) is 9.25. The fraction of sp³-hybridized carbons (Fsp3) is 0.550. The Morgan fingerprint density at radius 3 is 2.88 bits per heavy atom. The van der Waals surface area contributed by atoms with Crippen molar-refractivity contribution in [3.05, 3.63) is 48.0 Å². The van der Waals surface area contributed by atoms with Crippen molar-refractivity contribution in [1.29, 1.82) is 0 Å². The van der Waals surface area contributed by atoms with E-state index in [-0.39, 0.29) is 0 Å². The van der Waals surface area contributed by atoms with Crippen LogP contribution in [0.1, 0.15) is 24.2 Å². The number of nitrogens with zero attached hydrogens (tertiary/aromatic N) is 3. The van der Waals surface area contributed by atoms with Crippen molar-refractivity contribution in [2.24, 2.45) is 5.92 Å². The van der Waals surface area contributed by atoms with Crippen LogP contribution >= 0.6 is 0 Å². The highest BCUT2D eigenvalue weighted by molar-refractivity contribution is 5.27. The SMILES string of the molecule is COc1ccc(CCN2CCC[C@H](CN(C)Cc3ncc[nH]3)C2)cc1. The van der Waals surface area contributed by atoms with E-state index in [4.69, 9.17) is 4.74 Å². The molecule has 1 fully saturated rings. The van der Waals surface area contributed by atoms with Gasteiger partial charge < -0.3 is 14.6 Å². The number of benzene rings is 1. The number of H-pyrrole nitrogens is 1. The van der Waals surface area contributed by atoms with Gasteiger partial charge in [0.2, 0.25) is 0 Å². The molecule has 2 heterocycles. The first-order valence-corrected chi connectivity index (χ1v) is 9.25. The molecule has 0 bridgehead atoms. The van der Waals surface area contributed by atoms with E-state index in [0.717, 1.165) is 43.5 Å². The van der Waals surface area contributed by atoms with E-state index >= 15 is 0 Å². The summed E-state index contributed by atoms with van der Waals surface area (Å²) in [6.45, 7) is 5.62. The van der Waals surface area contributed by atoms with Gasteiger partial charge in [-0.05, 0) is 56.5 Å². The van der Waals surface area contributed by atoms with Gasteiger partial charge >= 0.3 is 0 Å². The Morgan fingerprint density at radius 2 is 2.16 bits per heavy atom. The first-order chi connectivity index (χ1) is 12.2. The molecule has 1 atom stereocenters. The third-order valence-corrected chi connectivity index (χ3v) is 5.02. The number of likely N-dealkylation sites (tertiary alicyclic amines) is 1. The molecule has 1 aliphatic heterocycles. The number of nitrogens with one attached hydrogen (secondary N) is 1. The number of rotatable bonds is 8. The highest BCUT2D eigenvalue weighted by atomic mass is 16.5. The number of imidazole rings is 1. The minimum absolute atomic E-state index is 0.754. The van der Waals surface area contributed by atoms with E-state index in [1.54, 1.807) is 7.11 Å². The van der Waals surface area contributed by atoms with Crippen molar-refractivity contribution < 1.29 is 4.74 Å².